The van der Waals surface area contributed by atoms with Crippen LogP contribution in [-0.4, -0.2) is 47.3 Å². The van der Waals surface area contributed by atoms with Crippen molar-refractivity contribution in [2.75, 3.05) is 19.6 Å². The molecule has 2 aromatic carbocycles. The molecule has 2 aliphatic heterocycles. The van der Waals surface area contributed by atoms with Crippen molar-refractivity contribution in [1.29, 1.82) is 0 Å². The lowest BCUT2D eigenvalue weighted by Gasteiger charge is -2.33. The van der Waals surface area contributed by atoms with Gasteiger partial charge in [-0.05, 0) is 67.5 Å². The maximum atomic E-state index is 13.9. The molecule has 3 aliphatic rings. The van der Waals surface area contributed by atoms with Crippen LogP contribution in [0.3, 0.4) is 0 Å². The number of amides is 2. The van der Waals surface area contributed by atoms with Crippen LogP contribution in [0.15, 0.2) is 48.5 Å². The van der Waals surface area contributed by atoms with E-state index in [2.05, 4.69) is 28.4 Å². The summed E-state index contributed by atoms with van der Waals surface area (Å²) in [6, 6.07) is 15.1. The van der Waals surface area contributed by atoms with Crippen molar-refractivity contribution in [2.45, 2.75) is 64.1 Å². The molecule has 2 amide bonds. The Morgan fingerprint density at radius 3 is 2.66 bits per heavy atom. The fraction of sp³-hybridized carbons (Fsp3) is 0.517. The molecule has 1 saturated carbocycles. The molecule has 3 unspecified atom stereocenters. The lowest BCUT2D eigenvalue weighted by atomic mass is 9.97. The van der Waals surface area contributed by atoms with Gasteiger partial charge in [0.2, 0.25) is 11.8 Å². The number of rotatable bonds is 3. The number of benzene rings is 2. The summed E-state index contributed by atoms with van der Waals surface area (Å²) in [7, 11) is 0. The molecule has 1 aliphatic carbocycles. The molecule has 1 N–H and O–H groups in total. The van der Waals surface area contributed by atoms with E-state index in [0.717, 1.165) is 50.8 Å². The standard InChI is InChI=1S/C29H36FN3O2/c30-25-11-7-8-21(16-25)19-32-14-6-2-1-5-13-31-28(34)26-17-24(18-27(26)32)29(35)33-15-12-22-9-3-4-10-23(22)20-33/h3-4,7-11,16,24,26-27H,1-2,5-6,12-15,17-20H2,(H,31,34). The zero-order valence-corrected chi connectivity index (χ0v) is 20.4. The van der Waals surface area contributed by atoms with Gasteiger partial charge < -0.3 is 10.2 Å². The summed E-state index contributed by atoms with van der Waals surface area (Å²) in [5.74, 6) is -0.357. The van der Waals surface area contributed by atoms with Crippen molar-refractivity contribution < 1.29 is 14.0 Å². The van der Waals surface area contributed by atoms with Gasteiger partial charge in [0.15, 0.2) is 0 Å². The summed E-state index contributed by atoms with van der Waals surface area (Å²) >= 11 is 0. The number of nitrogens with one attached hydrogen (secondary N) is 1. The van der Waals surface area contributed by atoms with Crippen molar-refractivity contribution >= 4 is 11.8 Å². The Morgan fingerprint density at radius 2 is 1.80 bits per heavy atom. The Kier molecular flexibility index (Phi) is 7.47. The van der Waals surface area contributed by atoms with E-state index in [1.165, 1.54) is 17.2 Å². The van der Waals surface area contributed by atoms with Crippen LogP contribution in [0.1, 0.15) is 55.2 Å². The SMILES string of the molecule is O=C1NCCCCCCN(Cc2cccc(F)c2)C2CC(C(=O)N3CCc4ccccc4C3)CC12. The molecule has 2 heterocycles. The van der Waals surface area contributed by atoms with Crippen molar-refractivity contribution in [1.82, 2.24) is 15.1 Å². The maximum absolute atomic E-state index is 13.9. The van der Waals surface area contributed by atoms with Crippen molar-refractivity contribution in [3.05, 3.63) is 71.0 Å². The molecule has 2 aromatic rings. The van der Waals surface area contributed by atoms with Gasteiger partial charge in [0.1, 0.15) is 5.82 Å². The van der Waals surface area contributed by atoms with Gasteiger partial charge in [-0.15, -0.1) is 0 Å². The normalized spacial score (nSPS) is 25.8. The lowest BCUT2D eigenvalue weighted by Crippen LogP contribution is -2.44. The number of hydrogen-bond acceptors (Lipinski definition) is 3. The highest BCUT2D eigenvalue weighted by molar-refractivity contribution is 5.84. The number of nitrogens with zero attached hydrogens (tertiary/aromatic N) is 2. The first-order valence-electron chi connectivity index (χ1n) is 13.2. The quantitative estimate of drug-likeness (QED) is 0.717. The number of carbonyl (C=O) groups is 2. The van der Waals surface area contributed by atoms with Gasteiger partial charge in [-0.1, -0.05) is 49.2 Å². The summed E-state index contributed by atoms with van der Waals surface area (Å²) in [5.41, 5.74) is 3.47. The molecule has 0 radical (unpaired) electrons. The van der Waals surface area contributed by atoms with E-state index in [4.69, 9.17) is 0 Å². The molecule has 0 spiro atoms. The zero-order valence-electron chi connectivity index (χ0n) is 20.4. The Hall–Kier alpha value is -2.73. The van der Waals surface area contributed by atoms with Gasteiger partial charge in [0, 0.05) is 38.1 Å². The van der Waals surface area contributed by atoms with Crippen LogP contribution in [-0.2, 0) is 29.1 Å². The van der Waals surface area contributed by atoms with Crippen LogP contribution in [0, 0.1) is 17.7 Å². The van der Waals surface area contributed by atoms with E-state index in [1.54, 1.807) is 12.1 Å². The molecule has 186 valence electrons. The first kappa shape index (κ1) is 24.0. The molecular weight excluding hydrogens is 441 g/mol. The highest BCUT2D eigenvalue weighted by atomic mass is 19.1. The molecule has 3 atom stereocenters. The highest BCUT2D eigenvalue weighted by Crippen LogP contribution is 2.38. The molecule has 35 heavy (non-hydrogen) atoms. The van der Waals surface area contributed by atoms with Crippen molar-refractivity contribution in [2.24, 2.45) is 11.8 Å². The average molecular weight is 478 g/mol. The zero-order chi connectivity index (χ0) is 24.2. The topological polar surface area (TPSA) is 52.7 Å². The second kappa shape index (κ2) is 10.9. The Morgan fingerprint density at radius 1 is 0.971 bits per heavy atom. The second-order valence-electron chi connectivity index (χ2n) is 10.4. The number of carbonyl (C=O) groups excluding carboxylic acids is 2. The minimum absolute atomic E-state index is 0.0117. The molecule has 5 rings (SSSR count). The van der Waals surface area contributed by atoms with E-state index in [0.29, 0.717) is 32.5 Å². The van der Waals surface area contributed by atoms with Crippen LogP contribution in [0.2, 0.25) is 0 Å². The number of hydrogen-bond donors (Lipinski definition) is 1. The predicted molar refractivity (Wildman–Crippen MR) is 134 cm³/mol. The first-order valence-corrected chi connectivity index (χ1v) is 13.2. The second-order valence-corrected chi connectivity index (χ2v) is 10.4. The summed E-state index contributed by atoms with van der Waals surface area (Å²) in [6.45, 7) is 3.56. The van der Waals surface area contributed by atoms with Gasteiger partial charge in [0.25, 0.3) is 0 Å². The first-order chi connectivity index (χ1) is 17.1. The molecule has 0 bridgehead atoms. The molecule has 1 saturated heterocycles. The third-order valence-corrected chi connectivity index (χ3v) is 8.07. The van der Waals surface area contributed by atoms with Gasteiger partial charge in [0.05, 0.1) is 5.92 Å². The Bertz CT molecular complexity index is 1060. The van der Waals surface area contributed by atoms with Crippen LogP contribution >= 0.6 is 0 Å². The fourth-order valence-electron chi connectivity index (χ4n) is 6.21. The van der Waals surface area contributed by atoms with Gasteiger partial charge in [-0.3, -0.25) is 14.5 Å². The smallest absolute Gasteiger partial charge is 0.226 e. The summed E-state index contributed by atoms with van der Waals surface area (Å²) in [4.78, 5) is 31.3. The van der Waals surface area contributed by atoms with E-state index < -0.39 is 0 Å². The number of halogens is 1. The molecule has 0 aromatic heterocycles. The highest BCUT2D eigenvalue weighted by Gasteiger charge is 2.45. The third-order valence-electron chi connectivity index (χ3n) is 8.07. The largest absolute Gasteiger partial charge is 0.356 e. The molecule has 2 fully saturated rings. The van der Waals surface area contributed by atoms with Crippen LogP contribution in [0.25, 0.3) is 0 Å². The summed E-state index contributed by atoms with van der Waals surface area (Å²) in [5, 5.41) is 3.15. The summed E-state index contributed by atoms with van der Waals surface area (Å²) in [6.07, 6.45) is 6.41. The van der Waals surface area contributed by atoms with Crippen molar-refractivity contribution in [3.8, 4) is 0 Å². The minimum Gasteiger partial charge on any atom is -0.356 e. The third kappa shape index (κ3) is 5.58. The van der Waals surface area contributed by atoms with E-state index >= 15 is 0 Å². The minimum atomic E-state index is -0.237. The molecule has 6 heteroatoms. The van der Waals surface area contributed by atoms with Gasteiger partial charge in [-0.2, -0.15) is 0 Å². The fourth-order valence-corrected chi connectivity index (χ4v) is 6.21. The van der Waals surface area contributed by atoms with E-state index in [1.807, 2.05) is 17.0 Å². The van der Waals surface area contributed by atoms with Crippen LogP contribution in [0.5, 0.6) is 0 Å². The lowest BCUT2D eigenvalue weighted by molar-refractivity contribution is -0.136. The van der Waals surface area contributed by atoms with Gasteiger partial charge in [-0.25, -0.2) is 4.39 Å². The maximum Gasteiger partial charge on any atom is 0.226 e. The number of fused-ring (bicyclic) bond motifs is 2. The van der Waals surface area contributed by atoms with E-state index in [-0.39, 0.29) is 35.5 Å². The molecular formula is C29H36FN3O2. The van der Waals surface area contributed by atoms with Gasteiger partial charge >= 0.3 is 0 Å². The van der Waals surface area contributed by atoms with Crippen molar-refractivity contribution in [3.63, 3.8) is 0 Å². The Labute approximate surface area is 207 Å². The molecule has 5 nitrogen and oxygen atoms in total. The average Bonchev–Trinajstić information content (AvgIpc) is 3.31. The van der Waals surface area contributed by atoms with Crippen LogP contribution < -0.4 is 5.32 Å². The predicted octanol–water partition coefficient (Wildman–Crippen LogP) is 4.30. The summed E-state index contributed by atoms with van der Waals surface area (Å²) < 4.78 is 13.9. The van der Waals surface area contributed by atoms with E-state index in [9.17, 15) is 14.0 Å². The Balaban J connectivity index is 1.36. The van der Waals surface area contributed by atoms with Crippen LogP contribution in [0.4, 0.5) is 4.39 Å². The monoisotopic (exact) mass is 477 g/mol.